The van der Waals surface area contributed by atoms with Gasteiger partial charge in [-0.25, -0.2) is 4.39 Å². The zero-order chi connectivity index (χ0) is 15.2. The molecule has 2 rings (SSSR count). The first kappa shape index (κ1) is 15.2. The molecule has 0 spiro atoms. The van der Waals surface area contributed by atoms with Gasteiger partial charge >= 0.3 is 0 Å². The first-order chi connectivity index (χ1) is 10.1. The summed E-state index contributed by atoms with van der Waals surface area (Å²) in [7, 11) is 0. The number of benzene rings is 2. The fourth-order valence-corrected chi connectivity index (χ4v) is 2.17. The van der Waals surface area contributed by atoms with Gasteiger partial charge in [0.25, 0.3) is 0 Å². The molecule has 0 aromatic heterocycles. The van der Waals surface area contributed by atoms with Crippen LogP contribution in [0, 0.1) is 5.82 Å². The van der Waals surface area contributed by atoms with Crippen LogP contribution in [0.1, 0.15) is 24.1 Å². The molecule has 0 aliphatic carbocycles. The van der Waals surface area contributed by atoms with Crippen molar-refractivity contribution in [2.75, 3.05) is 0 Å². The van der Waals surface area contributed by atoms with Crippen LogP contribution in [0.2, 0.25) is 0 Å². The van der Waals surface area contributed by atoms with Crippen molar-refractivity contribution >= 4 is 5.91 Å². The van der Waals surface area contributed by atoms with Gasteiger partial charge in [-0.3, -0.25) is 4.79 Å². The van der Waals surface area contributed by atoms with Gasteiger partial charge in [-0.1, -0.05) is 42.5 Å². The lowest BCUT2D eigenvalue weighted by molar-refractivity contribution is -0.123. The van der Waals surface area contributed by atoms with Gasteiger partial charge in [0.2, 0.25) is 5.91 Å². The Morgan fingerprint density at radius 3 is 2.38 bits per heavy atom. The second-order valence-corrected chi connectivity index (χ2v) is 5.13. The van der Waals surface area contributed by atoms with E-state index >= 15 is 0 Å². The molecule has 21 heavy (non-hydrogen) atoms. The van der Waals surface area contributed by atoms with Crippen LogP contribution >= 0.6 is 0 Å². The summed E-state index contributed by atoms with van der Waals surface area (Å²) in [6, 6.07) is 14.8. The number of nitrogens with two attached hydrogens (primary N) is 1. The molecule has 0 aliphatic rings. The van der Waals surface area contributed by atoms with Crippen molar-refractivity contribution in [1.82, 2.24) is 5.32 Å². The van der Waals surface area contributed by atoms with E-state index in [-0.39, 0.29) is 17.8 Å². The quantitative estimate of drug-likeness (QED) is 0.887. The van der Waals surface area contributed by atoms with Crippen molar-refractivity contribution in [2.24, 2.45) is 5.73 Å². The van der Waals surface area contributed by atoms with E-state index in [2.05, 4.69) is 5.32 Å². The minimum atomic E-state index is -0.679. The molecule has 2 aromatic rings. The Bertz CT molecular complexity index is 583. The van der Waals surface area contributed by atoms with Crippen LogP contribution in [0.3, 0.4) is 0 Å². The highest BCUT2D eigenvalue weighted by molar-refractivity contribution is 5.83. The van der Waals surface area contributed by atoms with Crippen molar-refractivity contribution in [3.63, 3.8) is 0 Å². The molecule has 0 radical (unpaired) electrons. The molecule has 0 aliphatic heterocycles. The van der Waals surface area contributed by atoms with Crippen molar-refractivity contribution in [1.29, 1.82) is 0 Å². The summed E-state index contributed by atoms with van der Waals surface area (Å²) in [4.78, 5) is 12.1. The number of carbonyl (C=O) groups is 1. The SMILES string of the molecule is CC(Cc1ccc(F)cc1)NC(=O)C(N)c1ccccc1. The number of hydrogen-bond acceptors (Lipinski definition) is 2. The molecular weight excluding hydrogens is 267 g/mol. The minimum Gasteiger partial charge on any atom is -0.352 e. The van der Waals surface area contributed by atoms with Crippen LogP contribution in [0.5, 0.6) is 0 Å². The Balaban J connectivity index is 1.91. The molecule has 2 atom stereocenters. The first-order valence-corrected chi connectivity index (χ1v) is 6.91. The van der Waals surface area contributed by atoms with E-state index in [0.717, 1.165) is 11.1 Å². The molecule has 0 fully saturated rings. The lowest BCUT2D eigenvalue weighted by Gasteiger charge is -2.18. The van der Waals surface area contributed by atoms with Crippen LogP contribution in [0.25, 0.3) is 0 Å². The summed E-state index contributed by atoms with van der Waals surface area (Å²) in [6.45, 7) is 1.90. The van der Waals surface area contributed by atoms with Crippen LogP contribution in [-0.2, 0) is 11.2 Å². The zero-order valence-electron chi connectivity index (χ0n) is 11.9. The fourth-order valence-electron chi connectivity index (χ4n) is 2.17. The maximum atomic E-state index is 12.8. The highest BCUT2D eigenvalue weighted by atomic mass is 19.1. The van der Waals surface area contributed by atoms with Crippen LogP contribution < -0.4 is 11.1 Å². The van der Waals surface area contributed by atoms with Crippen molar-refractivity contribution in [2.45, 2.75) is 25.4 Å². The summed E-state index contributed by atoms with van der Waals surface area (Å²) in [5.74, 6) is -0.475. The topological polar surface area (TPSA) is 55.1 Å². The van der Waals surface area contributed by atoms with E-state index in [9.17, 15) is 9.18 Å². The smallest absolute Gasteiger partial charge is 0.241 e. The third-order valence-corrected chi connectivity index (χ3v) is 3.28. The second-order valence-electron chi connectivity index (χ2n) is 5.13. The number of amides is 1. The molecule has 0 saturated carbocycles. The maximum absolute atomic E-state index is 12.8. The van der Waals surface area contributed by atoms with E-state index in [4.69, 9.17) is 5.73 Å². The first-order valence-electron chi connectivity index (χ1n) is 6.91. The van der Waals surface area contributed by atoms with Gasteiger partial charge in [0.15, 0.2) is 0 Å². The molecule has 2 aromatic carbocycles. The third-order valence-electron chi connectivity index (χ3n) is 3.28. The molecule has 110 valence electrons. The number of carbonyl (C=O) groups excluding carboxylic acids is 1. The molecule has 2 unspecified atom stereocenters. The van der Waals surface area contributed by atoms with E-state index in [1.54, 1.807) is 12.1 Å². The van der Waals surface area contributed by atoms with Crippen LogP contribution in [-0.4, -0.2) is 11.9 Å². The van der Waals surface area contributed by atoms with Gasteiger partial charge in [0.05, 0.1) is 0 Å². The summed E-state index contributed by atoms with van der Waals surface area (Å²) in [6.07, 6.45) is 0.632. The van der Waals surface area contributed by atoms with Gasteiger partial charge in [-0.05, 0) is 36.6 Å². The Labute approximate surface area is 124 Å². The van der Waals surface area contributed by atoms with Crippen molar-refractivity contribution < 1.29 is 9.18 Å². The van der Waals surface area contributed by atoms with E-state index in [1.807, 2.05) is 37.3 Å². The van der Waals surface area contributed by atoms with Crippen LogP contribution in [0.4, 0.5) is 4.39 Å². The lowest BCUT2D eigenvalue weighted by Crippen LogP contribution is -2.40. The van der Waals surface area contributed by atoms with Gasteiger partial charge in [-0.2, -0.15) is 0 Å². The zero-order valence-corrected chi connectivity index (χ0v) is 11.9. The predicted octanol–water partition coefficient (Wildman–Crippen LogP) is 2.57. The fraction of sp³-hybridized carbons (Fsp3) is 0.235. The number of rotatable bonds is 5. The standard InChI is InChI=1S/C17H19FN2O/c1-12(11-13-7-9-15(18)10-8-13)20-17(21)16(19)14-5-3-2-4-6-14/h2-10,12,16H,11,19H2,1H3,(H,20,21). The highest BCUT2D eigenvalue weighted by Crippen LogP contribution is 2.11. The van der Waals surface area contributed by atoms with Gasteiger partial charge in [0.1, 0.15) is 11.9 Å². The molecule has 0 bridgehead atoms. The molecule has 1 amide bonds. The largest absolute Gasteiger partial charge is 0.352 e. The summed E-state index contributed by atoms with van der Waals surface area (Å²) in [5.41, 5.74) is 7.69. The molecule has 0 saturated heterocycles. The minimum absolute atomic E-state index is 0.0716. The van der Waals surface area contributed by atoms with Gasteiger partial charge in [-0.15, -0.1) is 0 Å². The molecule has 3 N–H and O–H groups in total. The maximum Gasteiger partial charge on any atom is 0.241 e. The molecule has 3 nitrogen and oxygen atoms in total. The third kappa shape index (κ3) is 4.39. The van der Waals surface area contributed by atoms with Crippen LogP contribution in [0.15, 0.2) is 54.6 Å². The number of halogens is 1. The second kappa shape index (κ2) is 6.99. The van der Waals surface area contributed by atoms with Crippen molar-refractivity contribution in [3.8, 4) is 0 Å². The van der Waals surface area contributed by atoms with E-state index < -0.39 is 6.04 Å². The van der Waals surface area contributed by atoms with E-state index in [0.29, 0.717) is 6.42 Å². The summed E-state index contributed by atoms with van der Waals surface area (Å²) < 4.78 is 12.8. The lowest BCUT2D eigenvalue weighted by atomic mass is 10.0. The average molecular weight is 286 g/mol. The molecule has 0 heterocycles. The number of hydrogen-bond donors (Lipinski definition) is 2. The molecule has 4 heteroatoms. The Hall–Kier alpha value is -2.20. The predicted molar refractivity (Wildman–Crippen MR) is 81.1 cm³/mol. The number of nitrogens with one attached hydrogen (secondary N) is 1. The van der Waals surface area contributed by atoms with E-state index in [1.165, 1.54) is 12.1 Å². The Kier molecular flexibility index (Phi) is 5.06. The monoisotopic (exact) mass is 286 g/mol. The Morgan fingerprint density at radius 1 is 1.14 bits per heavy atom. The summed E-state index contributed by atoms with van der Waals surface area (Å²) in [5, 5.41) is 2.88. The van der Waals surface area contributed by atoms with Crippen molar-refractivity contribution in [3.05, 3.63) is 71.5 Å². The highest BCUT2D eigenvalue weighted by Gasteiger charge is 2.17. The summed E-state index contributed by atoms with van der Waals surface area (Å²) >= 11 is 0. The normalized spacial score (nSPS) is 13.5. The Morgan fingerprint density at radius 2 is 1.76 bits per heavy atom. The van der Waals surface area contributed by atoms with Gasteiger partial charge < -0.3 is 11.1 Å². The average Bonchev–Trinajstić information content (AvgIpc) is 2.49. The van der Waals surface area contributed by atoms with Gasteiger partial charge in [0, 0.05) is 6.04 Å². The molecular formula is C17H19FN2O.